The minimum absolute atomic E-state index is 0.424. The van der Waals surface area contributed by atoms with Gasteiger partial charge in [0, 0.05) is 0 Å². The van der Waals surface area contributed by atoms with Crippen molar-refractivity contribution in [2.75, 3.05) is 0 Å². The summed E-state index contributed by atoms with van der Waals surface area (Å²) in [6.07, 6.45) is 0. The van der Waals surface area contributed by atoms with Crippen LogP contribution in [0.3, 0.4) is 0 Å². The smallest absolute Gasteiger partial charge is 0.242 e. The molecule has 0 amide bonds. The predicted molar refractivity (Wildman–Crippen MR) is 27.6 cm³/mol. The molecule has 0 saturated carbocycles. The van der Waals surface area contributed by atoms with Gasteiger partial charge < -0.3 is 0 Å². The summed E-state index contributed by atoms with van der Waals surface area (Å²) in [5.74, 6) is 0. The average Bonchev–Trinajstić information content (AvgIpc) is 1.35. The van der Waals surface area contributed by atoms with Crippen molar-refractivity contribution in [1.82, 2.24) is 0 Å². The van der Waals surface area contributed by atoms with Gasteiger partial charge in [-0.2, -0.15) is 0 Å². The Morgan fingerprint density at radius 3 is 1.50 bits per heavy atom. The molecule has 0 radical (unpaired) electrons. The van der Waals surface area contributed by atoms with Gasteiger partial charge in [-0.15, -0.1) is 0 Å². The lowest BCUT2D eigenvalue weighted by Gasteiger charge is -1.90. The molecule has 0 rings (SSSR count). The molecular formula is H5F3Si3. The zero-order valence-electron chi connectivity index (χ0n) is 3.34. The molecule has 6 heavy (non-hydrogen) atoms. The lowest BCUT2D eigenvalue weighted by Crippen LogP contribution is -2.25. The second kappa shape index (κ2) is 1.94. The molecule has 6 heteroatoms. The summed E-state index contributed by atoms with van der Waals surface area (Å²) in [4.78, 5) is 0. The molecular weight excluding hydrogens is 141 g/mol. The molecule has 0 aliphatic rings. The van der Waals surface area contributed by atoms with E-state index in [2.05, 4.69) is 0 Å². The molecule has 0 aliphatic heterocycles. The standard InChI is InChI=1S/F3H5Si3/c1-6(2,3)5-4/h5H2,4H3. The van der Waals surface area contributed by atoms with Gasteiger partial charge in [-0.1, -0.05) is 0 Å². The van der Waals surface area contributed by atoms with E-state index in [1.54, 1.807) is 0 Å². The molecule has 0 aromatic rings. The zero-order valence-corrected chi connectivity index (χ0v) is 7.76. The number of rotatable bonds is 1. The van der Waals surface area contributed by atoms with Gasteiger partial charge in [0.1, 0.15) is 8.55 Å². The van der Waals surface area contributed by atoms with Crippen molar-refractivity contribution < 1.29 is 12.3 Å². The summed E-state index contributed by atoms with van der Waals surface area (Å²) in [7, 11) is -5.98. The van der Waals surface area contributed by atoms with E-state index in [-0.39, 0.29) is 0 Å². The van der Waals surface area contributed by atoms with E-state index in [1.807, 2.05) is 0 Å². The van der Waals surface area contributed by atoms with Crippen molar-refractivity contribution in [2.24, 2.45) is 0 Å². The van der Waals surface area contributed by atoms with Crippen LogP contribution in [-0.2, 0) is 0 Å². The Morgan fingerprint density at radius 2 is 1.50 bits per heavy atom. The molecule has 0 N–H and O–H groups in total. The van der Waals surface area contributed by atoms with Gasteiger partial charge in [0.25, 0.3) is 0 Å². The lowest BCUT2D eigenvalue weighted by molar-refractivity contribution is 0.515. The van der Waals surface area contributed by atoms with Crippen LogP contribution in [0, 0.1) is 0 Å². The van der Waals surface area contributed by atoms with E-state index in [1.165, 1.54) is 0 Å². The fourth-order valence-corrected chi connectivity index (χ4v) is 0. The summed E-state index contributed by atoms with van der Waals surface area (Å²) < 4.78 is 33.1. The molecule has 0 aromatic heterocycles. The summed E-state index contributed by atoms with van der Waals surface area (Å²) in [5, 5.41) is 0. The van der Waals surface area contributed by atoms with Crippen molar-refractivity contribution in [3.8, 4) is 0 Å². The second-order valence-corrected chi connectivity index (χ2v) is 13.8. The van der Waals surface area contributed by atoms with Crippen molar-refractivity contribution in [1.29, 1.82) is 0 Å². The van der Waals surface area contributed by atoms with Gasteiger partial charge >= 0.3 is 8.59 Å². The second-order valence-electron chi connectivity index (χ2n) is 0.969. The van der Waals surface area contributed by atoms with Crippen LogP contribution < -0.4 is 0 Å². The Bertz CT molecular complexity index is 35.8. The molecule has 0 saturated heterocycles. The van der Waals surface area contributed by atoms with E-state index in [0.29, 0.717) is 9.76 Å². The Hall–Kier alpha value is 0.441. The molecule has 0 fully saturated rings. The minimum Gasteiger partial charge on any atom is -0.242 e. The van der Waals surface area contributed by atoms with Crippen molar-refractivity contribution in [3.63, 3.8) is 0 Å². The van der Waals surface area contributed by atoms with Gasteiger partial charge in [0.05, 0.1) is 0 Å². The summed E-state index contributed by atoms with van der Waals surface area (Å²) in [6.45, 7) is 0. The lowest BCUT2D eigenvalue weighted by atomic mass is 18.7. The monoisotopic (exact) mass is 146 g/mol. The molecule has 0 heterocycles. The first-order valence-corrected chi connectivity index (χ1v) is 11.2. The molecule has 0 nitrogen and oxygen atoms in total. The van der Waals surface area contributed by atoms with Crippen LogP contribution in [0.2, 0.25) is 0 Å². The number of hydrogen-bond donors (Lipinski definition) is 0. The molecule has 0 unspecified atom stereocenters. The largest absolute Gasteiger partial charge is 0.570 e. The molecule has 38 valence electrons. The normalized spacial score (nSPS) is 14.5. The SMILES string of the molecule is F[Si](F)(F)[SiH2][SiH3]. The summed E-state index contributed by atoms with van der Waals surface area (Å²) >= 11 is 0. The highest BCUT2D eigenvalue weighted by Gasteiger charge is 2.31. The molecule has 0 aromatic carbocycles. The highest BCUT2D eigenvalue weighted by molar-refractivity contribution is 7.32. The van der Waals surface area contributed by atoms with Gasteiger partial charge in [-0.25, -0.2) is 12.3 Å². The Kier molecular flexibility index (Phi) is 2.08. The third kappa shape index (κ3) is 4.44. The van der Waals surface area contributed by atoms with Crippen LogP contribution in [0.15, 0.2) is 0 Å². The van der Waals surface area contributed by atoms with Gasteiger partial charge in [-0.3, -0.25) is 0 Å². The third-order valence-corrected chi connectivity index (χ3v) is 10.8. The highest BCUT2D eigenvalue weighted by Crippen LogP contribution is 2.01. The zero-order chi connectivity index (χ0) is 5.21. The van der Waals surface area contributed by atoms with Gasteiger partial charge in [0.15, 0.2) is 0 Å². The van der Waals surface area contributed by atoms with Crippen LogP contribution in [0.5, 0.6) is 0 Å². The fourth-order valence-electron chi connectivity index (χ4n) is 0. The van der Waals surface area contributed by atoms with Crippen molar-refractivity contribution >= 4 is 26.9 Å². The van der Waals surface area contributed by atoms with E-state index in [4.69, 9.17) is 0 Å². The molecule has 0 bridgehead atoms. The van der Waals surface area contributed by atoms with Gasteiger partial charge in [0.2, 0.25) is 0 Å². The first-order chi connectivity index (χ1) is 2.56. The molecule has 0 spiro atoms. The number of hydrogen-bond acceptors (Lipinski definition) is 0. The van der Waals surface area contributed by atoms with E-state index in [0.717, 1.165) is 0 Å². The van der Waals surface area contributed by atoms with Crippen molar-refractivity contribution in [3.05, 3.63) is 0 Å². The Morgan fingerprint density at radius 1 is 1.33 bits per heavy atom. The Balaban J connectivity index is 3.17. The van der Waals surface area contributed by atoms with Crippen LogP contribution in [0.25, 0.3) is 0 Å². The average molecular weight is 146 g/mol. The maximum atomic E-state index is 11.0. The minimum atomic E-state index is -4.93. The first kappa shape index (κ1) is 6.44. The molecule has 0 aliphatic carbocycles. The highest BCUT2D eigenvalue weighted by atomic mass is 29.6. The van der Waals surface area contributed by atoms with E-state index >= 15 is 0 Å². The van der Waals surface area contributed by atoms with Crippen LogP contribution in [-0.4, -0.2) is 26.9 Å². The van der Waals surface area contributed by atoms with E-state index in [9.17, 15) is 12.3 Å². The maximum absolute atomic E-state index is 11.0. The number of halogens is 3. The topological polar surface area (TPSA) is 0 Å². The third-order valence-electron chi connectivity index (χ3n) is 0.401. The predicted octanol–water partition coefficient (Wildman–Crippen LogP) is -1.22. The van der Waals surface area contributed by atoms with Crippen molar-refractivity contribution in [2.45, 2.75) is 0 Å². The Labute approximate surface area is 40.1 Å². The van der Waals surface area contributed by atoms with Crippen LogP contribution in [0.1, 0.15) is 0 Å². The van der Waals surface area contributed by atoms with Crippen LogP contribution in [0.4, 0.5) is 12.3 Å². The first-order valence-electron chi connectivity index (χ1n) is 1.63. The summed E-state index contributed by atoms with van der Waals surface area (Å²) in [5.41, 5.74) is 0. The quantitative estimate of drug-likeness (QED) is 0.321. The fraction of sp³-hybridized carbons (Fsp3) is 0. The van der Waals surface area contributed by atoms with Gasteiger partial charge in [-0.05, 0) is 9.76 Å². The van der Waals surface area contributed by atoms with E-state index < -0.39 is 17.1 Å². The maximum Gasteiger partial charge on any atom is 0.570 e. The van der Waals surface area contributed by atoms with Crippen LogP contribution >= 0.6 is 0 Å². The summed E-state index contributed by atoms with van der Waals surface area (Å²) in [6, 6.07) is 0. The molecule has 0 atom stereocenters.